The molecule has 1 amide bonds. The van der Waals surface area contributed by atoms with Gasteiger partial charge in [0.1, 0.15) is 11.9 Å². The van der Waals surface area contributed by atoms with Crippen LogP contribution in [0.4, 0.5) is 0 Å². The second kappa shape index (κ2) is 5.42. The monoisotopic (exact) mass is 240 g/mol. The number of nitrogens with zero attached hydrogens (tertiary/aromatic N) is 2. The van der Waals surface area contributed by atoms with Crippen LogP contribution >= 0.6 is 0 Å². The standard InChI is InChI=1S/C10H16N4O3/c1-5(2)7-12-8(14-13-7)9(15)11-6(3)10(16)17-4/h5-6H,1-4H3,(H,11,15)(H,12,13,14)/t6-/m0/s1. The molecule has 7 nitrogen and oxygen atoms in total. The van der Waals surface area contributed by atoms with E-state index in [9.17, 15) is 9.59 Å². The van der Waals surface area contributed by atoms with Gasteiger partial charge in [-0.3, -0.25) is 9.89 Å². The molecule has 2 N–H and O–H groups in total. The molecule has 1 heterocycles. The van der Waals surface area contributed by atoms with E-state index in [2.05, 4.69) is 25.2 Å². The molecular formula is C10H16N4O3. The molecule has 0 unspecified atom stereocenters. The molecule has 0 saturated carbocycles. The van der Waals surface area contributed by atoms with Crippen LogP contribution in [0.15, 0.2) is 0 Å². The largest absolute Gasteiger partial charge is 0.467 e. The average Bonchev–Trinajstić information content (AvgIpc) is 2.77. The second-order valence-corrected chi connectivity index (χ2v) is 3.92. The molecule has 1 aromatic rings. The van der Waals surface area contributed by atoms with Gasteiger partial charge in [-0.15, -0.1) is 5.10 Å². The maximum Gasteiger partial charge on any atom is 0.328 e. The number of nitrogens with one attached hydrogen (secondary N) is 2. The Labute approximate surface area is 99.0 Å². The Bertz CT molecular complexity index is 413. The van der Waals surface area contributed by atoms with Gasteiger partial charge in [0.15, 0.2) is 0 Å². The van der Waals surface area contributed by atoms with Crippen molar-refractivity contribution in [3.63, 3.8) is 0 Å². The molecular weight excluding hydrogens is 224 g/mol. The lowest BCUT2D eigenvalue weighted by Gasteiger charge is -2.09. The predicted octanol–water partition coefficient (Wildman–Crippen LogP) is 0.219. The van der Waals surface area contributed by atoms with Crippen molar-refractivity contribution < 1.29 is 14.3 Å². The number of esters is 1. The number of ether oxygens (including phenoxy) is 1. The fraction of sp³-hybridized carbons (Fsp3) is 0.600. The Morgan fingerprint density at radius 2 is 2.00 bits per heavy atom. The van der Waals surface area contributed by atoms with E-state index in [4.69, 9.17) is 0 Å². The van der Waals surface area contributed by atoms with Crippen LogP contribution in [0.1, 0.15) is 43.1 Å². The quantitative estimate of drug-likeness (QED) is 0.734. The van der Waals surface area contributed by atoms with Gasteiger partial charge in [0.25, 0.3) is 5.91 Å². The van der Waals surface area contributed by atoms with Crippen LogP contribution in [0, 0.1) is 0 Å². The number of amides is 1. The van der Waals surface area contributed by atoms with Gasteiger partial charge in [-0.25, -0.2) is 9.78 Å². The van der Waals surface area contributed by atoms with Gasteiger partial charge in [0, 0.05) is 5.92 Å². The van der Waals surface area contributed by atoms with Crippen LogP contribution in [0.3, 0.4) is 0 Å². The van der Waals surface area contributed by atoms with Gasteiger partial charge in [0.2, 0.25) is 5.82 Å². The molecule has 0 aliphatic rings. The molecule has 0 aliphatic carbocycles. The molecule has 0 fully saturated rings. The normalized spacial score (nSPS) is 12.3. The van der Waals surface area contributed by atoms with Crippen molar-refractivity contribution in [2.45, 2.75) is 32.7 Å². The number of hydrogen-bond acceptors (Lipinski definition) is 5. The highest BCUT2D eigenvalue weighted by Crippen LogP contribution is 2.07. The highest BCUT2D eigenvalue weighted by molar-refractivity contribution is 5.93. The van der Waals surface area contributed by atoms with Crippen LogP contribution in [0.25, 0.3) is 0 Å². The topological polar surface area (TPSA) is 97.0 Å². The van der Waals surface area contributed by atoms with Crippen molar-refractivity contribution in [3.05, 3.63) is 11.6 Å². The summed E-state index contributed by atoms with van der Waals surface area (Å²) < 4.78 is 4.49. The number of hydrogen-bond donors (Lipinski definition) is 2. The zero-order valence-electron chi connectivity index (χ0n) is 10.3. The SMILES string of the molecule is COC(=O)[C@H](C)NC(=O)c1n[nH]c(C(C)C)n1. The van der Waals surface area contributed by atoms with Gasteiger partial charge in [-0.05, 0) is 6.92 Å². The molecule has 1 aromatic heterocycles. The van der Waals surface area contributed by atoms with Crippen molar-refractivity contribution >= 4 is 11.9 Å². The van der Waals surface area contributed by atoms with Crippen molar-refractivity contribution in [2.24, 2.45) is 0 Å². The van der Waals surface area contributed by atoms with Crippen LogP contribution in [-0.4, -0.2) is 40.2 Å². The first-order chi connectivity index (χ1) is 7.95. The van der Waals surface area contributed by atoms with Crippen molar-refractivity contribution in [1.82, 2.24) is 20.5 Å². The van der Waals surface area contributed by atoms with E-state index in [1.54, 1.807) is 0 Å². The van der Waals surface area contributed by atoms with E-state index in [0.29, 0.717) is 5.82 Å². The molecule has 0 aromatic carbocycles. The maximum absolute atomic E-state index is 11.6. The summed E-state index contributed by atoms with van der Waals surface area (Å²) in [5.74, 6) is -0.226. The first-order valence-electron chi connectivity index (χ1n) is 5.26. The van der Waals surface area contributed by atoms with Crippen molar-refractivity contribution in [2.75, 3.05) is 7.11 Å². The average molecular weight is 240 g/mol. The highest BCUT2D eigenvalue weighted by atomic mass is 16.5. The lowest BCUT2D eigenvalue weighted by atomic mass is 10.2. The fourth-order valence-electron chi connectivity index (χ4n) is 1.13. The Morgan fingerprint density at radius 3 is 2.47 bits per heavy atom. The molecule has 0 spiro atoms. The van der Waals surface area contributed by atoms with Gasteiger partial charge in [0.05, 0.1) is 7.11 Å². The van der Waals surface area contributed by atoms with Gasteiger partial charge < -0.3 is 10.1 Å². The zero-order chi connectivity index (χ0) is 13.0. The number of rotatable bonds is 4. The number of carbonyl (C=O) groups is 2. The number of aromatic nitrogens is 3. The second-order valence-electron chi connectivity index (χ2n) is 3.92. The molecule has 94 valence electrons. The van der Waals surface area contributed by atoms with Crippen molar-refractivity contribution in [3.8, 4) is 0 Å². The van der Waals surface area contributed by atoms with Crippen molar-refractivity contribution in [1.29, 1.82) is 0 Å². The van der Waals surface area contributed by atoms with Gasteiger partial charge in [-0.2, -0.15) is 0 Å². The summed E-state index contributed by atoms with van der Waals surface area (Å²) in [5, 5.41) is 8.88. The first-order valence-corrected chi connectivity index (χ1v) is 5.26. The maximum atomic E-state index is 11.6. The summed E-state index contributed by atoms with van der Waals surface area (Å²) in [6.45, 7) is 5.39. The molecule has 0 radical (unpaired) electrons. The summed E-state index contributed by atoms with van der Waals surface area (Å²) in [4.78, 5) is 26.8. The highest BCUT2D eigenvalue weighted by Gasteiger charge is 2.20. The minimum atomic E-state index is -0.728. The molecule has 0 bridgehead atoms. The minimum Gasteiger partial charge on any atom is -0.467 e. The van der Waals surface area contributed by atoms with E-state index < -0.39 is 17.9 Å². The predicted molar refractivity (Wildman–Crippen MR) is 59.4 cm³/mol. The summed E-state index contributed by atoms with van der Waals surface area (Å²) >= 11 is 0. The first kappa shape index (κ1) is 13.1. The van der Waals surface area contributed by atoms with Crippen LogP contribution < -0.4 is 5.32 Å². The summed E-state index contributed by atoms with van der Waals surface area (Å²) in [7, 11) is 1.26. The Balaban J connectivity index is 2.66. The van der Waals surface area contributed by atoms with E-state index in [1.165, 1.54) is 14.0 Å². The zero-order valence-corrected chi connectivity index (χ0v) is 10.3. The molecule has 0 aliphatic heterocycles. The summed E-state index contributed by atoms with van der Waals surface area (Å²) in [6, 6.07) is -0.728. The number of H-pyrrole nitrogens is 1. The molecule has 17 heavy (non-hydrogen) atoms. The van der Waals surface area contributed by atoms with Crippen LogP contribution in [0.2, 0.25) is 0 Å². The molecule has 1 rings (SSSR count). The summed E-state index contributed by atoms with van der Waals surface area (Å²) in [5.41, 5.74) is 0. The smallest absolute Gasteiger partial charge is 0.328 e. The molecule has 0 saturated heterocycles. The van der Waals surface area contributed by atoms with E-state index in [-0.39, 0.29) is 11.7 Å². The number of aromatic amines is 1. The Morgan fingerprint density at radius 1 is 1.35 bits per heavy atom. The lowest BCUT2D eigenvalue weighted by Crippen LogP contribution is -2.39. The number of carbonyl (C=O) groups excluding carboxylic acids is 2. The molecule has 1 atom stereocenters. The Kier molecular flexibility index (Phi) is 4.19. The van der Waals surface area contributed by atoms with Crippen LogP contribution in [-0.2, 0) is 9.53 Å². The van der Waals surface area contributed by atoms with Gasteiger partial charge in [-0.1, -0.05) is 13.8 Å². The minimum absolute atomic E-state index is 0.0180. The Hall–Kier alpha value is -1.92. The van der Waals surface area contributed by atoms with Crippen LogP contribution in [0.5, 0.6) is 0 Å². The number of methoxy groups -OCH3 is 1. The van der Waals surface area contributed by atoms with E-state index >= 15 is 0 Å². The third-order valence-corrected chi connectivity index (χ3v) is 2.16. The third kappa shape index (κ3) is 3.27. The molecule has 7 heteroatoms. The summed E-state index contributed by atoms with van der Waals surface area (Å²) in [6.07, 6.45) is 0. The lowest BCUT2D eigenvalue weighted by molar-refractivity contribution is -0.142. The fourth-order valence-corrected chi connectivity index (χ4v) is 1.13. The third-order valence-electron chi connectivity index (χ3n) is 2.16. The van der Waals surface area contributed by atoms with E-state index in [0.717, 1.165) is 0 Å². The van der Waals surface area contributed by atoms with E-state index in [1.807, 2.05) is 13.8 Å². The van der Waals surface area contributed by atoms with Gasteiger partial charge >= 0.3 is 5.97 Å².